The van der Waals surface area contributed by atoms with E-state index in [1.807, 2.05) is 6.07 Å². The molecule has 6 heteroatoms. The molecule has 0 atom stereocenters. The lowest BCUT2D eigenvalue weighted by atomic mass is 10.1. The van der Waals surface area contributed by atoms with Gasteiger partial charge in [0.25, 0.3) is 0 Å². The quantitative estimate of drug-likeness (QED) is 0.752. The summed E-state index contributed by atoms with van der Waals surface area (Å²) in [6.07, 6.45) is 0.891. The molecule has 0 saturated heterocycles. The van der Waals surface area contributed by atoms with Crippen molar-refractivity contribution in [1.29, 1.82) is 0 Å². The molecule has 2 aromatic carbocycles. The van der Waals surface area contributed by atoms with Crippen LogP contribution in [0.25, 0.3) is 11.0 Å². The first-order valence-electron chi connectivity index (χ1n) is 7.74. The van der Waals surface area contributed by atoms with E-state index in [9.17, 15) is 8.42 Å². The molecule has 0 amide bonds. The first-order valence-corrected chi connectivity index (χ1v) is 9.60. The van der Waals surface area contributed by atoms with Crippen molar-refractivity contribution in [3.8, 4) is 0 Å². The molecule has 4 rings (SSSR count). The molecule has 4 nitrogen and oxygen atoms in total. The van der Waals surface area contributed by atoms with Gasteiger partial charge in [0.1, 0.15) is 11.3 Å². The third kappa shape index (κ3) is 2.35. The van der Waals surface area contributed by atoms with Crippen molar-refractivity contribution < 1.29 is 12.8 Å². The van der Waals surface area contributed by atoms with E-state index in [-0.39, 0.29) is 9.79 Å². The molecule has 0 bridgehead atoms. The normalized spacial score (nSPS) is 14.8. The van der Waals surface area contributed by atoms with Crippen LogP contribution in [0.15, 0.2) is 50.6 Å². The van der Waals surface area contributed by atoms with E-state index in [1.54, 1.807) is 37.3 Å². The summed E-state index contributed by atoms with van der Waals surface area (Å²) < 4.78 is 31.8. The molecule has 2 heterocycles. The highest BCUT2D eigenvalue weighted by atomic mass is 35.5. The zero-order chi connectivity index (χ0) is 16.9. The second-order valence-electron chi connectivity index (χ2n) is 5.95. The summed E-state index contributed by atoms with van der Waals surface area (Å²) in [7, 11) is -3.65. The van der Waals surface area contributed by atoms with Gasteiger partial charge in [0.2, 0.25) is 9.84 Å². The highest BCUT2D eigenvalue weighted by Gasteiger charge is 2.24. The monoisotopic (exact) mass is 361 g/mol. The van der Waals surface area contributed by atoms with Crippen molar-refractivity contribution in [2.45, 2.75) is 29.7 Å². The van der Waals surface area contributed by atoms with Crippen LogP contribution >= 0.6 is 11.6 Å². The molecule has 1 aromatic heterocycles. The van der Waals surface area contributed by atoms with Crippen LogP contribution in [0.3, 0.4) is 0 Å². The van der Waals surface area contributed by atoms with Gasteiger partial charge in [0, 0.05) is 22.0 Å². The maximum absolute atomic E-state index is 13.0. The first-order chi connectivity index (χ1) is 11.5. The van der Waals surface area contributed by atoms with Gasteiger partial charge in [0.05, 0.1) is 16.3 Å². The summed E-state index contributed by atoms with van der Waals surface area (Å²) >= 11 is 6.08. The summed E-state index contributed by atoms with van der Waals surface area (Å²) in [5.74, 6) is 0.893. The number of halogens is 1. The van der Waals surface area contributed by atoms with E-state index >= 15 is 0 Å². The number of nitrogens with one attached hydrogen (secondary N) is 1. The molecule has 1 aliphatic heterocycles. The van der Waals surface area contributed by atoms with E-state index in [4.69, 9.17) is 16.0 Å². The molecule has 24 heavy (non-hydrogen) atoms. The minimum absolute atomic E-state index is 0.222. The summed E-state index contributed by atoms with van der Waals surface area (Å²) in [5.41, 5.74) is 2.35. The molecule has 124 valence electrons. The summed E-state index contributed by atoms with van der Waals surface area (Å²) in [5, 5.41) is 4.69. The summed E-state index contributed by atoms with van der Waals surface area (Å²) in [6, 6.07) is 10.0. The third-order valence-corrected chi connectivity index (χ3v) is 6.81. The van der Waals surface area contributed by atoms with Crippen molar-refractivity contribution in [3.05, 3.63) is 58.3 Å². The summed E-state index contributed by atoms with van der Waals surface area (Å²) in [6.45, 7) is 3.30. The Morgan fingerprint density at radius 2 is 2.04 bits per heavy atom. The zero-order valence-corrected chi connectivity index (χ0v) is 14.7. The van der Waals surface area contributed by atoms with Gasteiger partial charge in [-0.2, -0.15) is 0 Å². The van der Waals surface area contributed by atoms with Gasteiger partial charge < -0.3 is 9.73 Å². The van der Waals surface area contributed by atoms with Crippen molar-refractivity contribution in [2.75, 3.05) is 6.54 Å². The molecule has 1 aliphatic rings. The minimum Gasteiger partial charge on any atom is -0.459 e. The molecule has 1 N–H and O–H groups in total. The van der Waals surface area contributed by atoms with Gasteiger partial charge >= 0.3 is 0 Å². The van der Waals surface area contributed by atoms with Gasteiger partial charge in [-0.05, 0) is 49.7 Å². The van der Waals surface area contributed by atoms with Crippen LogP contribution in [0.2, 0.25) is 5.02 Å². The second-order valence-corrected chi connectivity index (χ2v) is 8.28. The standard InChI is InChI=1S/C18H16ClNO3S/c1-11-15(19)3-2-4-18(11)24(21,22)12-5-6-13-14-7-8-20-10-17(14)23-16(13)9-12/h2-6,9,20H,7-8,10H2,1H3. The topological polar surface area (TPSA) is 59.3 Å². The fraction of sp³-hybridized carbons (Fsp3) is 0.222. The van der Waals surface area contributed by atoms with E-state index in [1.165, 1.54) is 5.56 Å². The van der Waals surface area contributed by atoms with E-state index < -0.39 is 9.84 Å². The predicted molar refractivity (Wildman–Crippen MR) is 93.3 cm³/mol. The van der Waals surface area contributed by atoms with Crippen molar-refractivity contribution in [1.82, 2.24) is 5.32 Å². The highest BCUT2D eigenvalue weighted by Crippen LogP contribution is 2.33. The number of benzene rings is 2. The lowest BCUT2D eigenvalue weighted by molar-refractivity contribution is 0.487. The lowest BCUT2D eigenvalue weighted by Crippen LogP contribution is -2.22. The van der Waals surface area contributed by atoms with E-state index in [0.29, 0.717) is 22.7 Å². The number of furan rings is 1. The number of fused-ring (bicyclic) bond motifs is 3. The second kappa shape index (κ2) is 5.62. The molecule has 0 fully saturated rings. The average molecular weight is 362 g/mol. The average Bonchev–Trinajstić information content (AvgIpc) is 2.95. The number of sulfone groups is 1. The Morgan fingerprint density at radius 3 is 2.88 bits per heavy atom. The Bertz CT molecular complexity index is 1050. The molecule has 0 saturated carbocycles. The zero-order valence-electron chi connectivity index (χ0n) is 13.1. The molecule has 0 spiro atoms. The maximum Gasteiger partial charge on any atom is 0.207 e. The van der Waals surface area contributed by atoms with Gasteiger partial charge in [-0.25, -0.2) is 8.42 Å². The SMILES string of the molecule is Cc1c(Cl)cccc1S(=O)(=O)c1ccc2c3c(oc2c1)CNCC3. The van der Waals surface area contributed by atoms with Crippen LogP contribution in [0.1, 0.15) is 16.9 Å². The number of hydrogen-bond acceptors (Lipinski definition) is 4. The Labute approximate surface area is 145 Å². The molecule has 0 radical (unpaired) electrons. The van der Waals surface area contributed by atoms with E-state index in [0.717, 1.165) is 24.1 Å². The van der Waals surface area contributed by atoms with Gasteiger partial charge in [-0.1, -0.05) is 17.7 Å². The highest BCUT2D eigenvalue weighted by molar-refractivity contribution is 7.91. The van der Waals surface area contributed by atoms with Gasteiger partial charge in [-0.15, -0.1) is 0 Å². The van der Waals surface area contributed by atoms with Crippen LogP contribution in [0.5, 0.6) is 0 Å². The fourth-order valence-electron chi connectivity index (χ4n) is 3.19. The maximum atomic E-state index is 13.0. The van der Waals surface area contributed by atoms with Crippen molar-refractivity contribution >= 4 is 32.4 Å². The predicted octanol–water partition coefficient (Wildman–Crippen LogP) is 3.87. The van der Waals surface area contributed by atoms with Gasteiger partial charge in [-0.3, -0.25) is 0 Å². The summed E-state index contributed by atoms with van der Waals surface area (Å²) in [4.78, 5) is 0.451. The van der Waals surface area contributed by atoms with Crippen LogP contribution in [-0.2, 0) is 22.8 Å². The molecule has 3 aromatic rings. The van der Waals surface area contributed by atoms with Crippen molar-refractivity contribution in [2.24, 2.45) is 0 Å². The fourth-order valence-corrected chi connectivity index (χ4v) is 4.95. The minimum atomic E-state index is -3.65. The van der Waals surface area contributed by atoms with Crippen LogP contribution < -0.4 is 5.32 Å². The third-order valence-electron chi connectivity index (χ3n) is 4.50. The first kappa shape index (κ1) is 15.7. The Balaban J connectivity index is 1.88. The number of hydrogen-bond donors (Lipinski definition) is 1. The van der Waals surface area contributed by atoms with Crippen LogP contribution in [-0.4, -0.2) is 15.0 Å². The number of rotatable bonds is 2. The Hall–Kier alpha value is -1.82. The van der Waals surface area contributed by atoms with E-state index in [2.05, 4.69) is 5.32 Å². The molecular weight excluding hydrogens is 346 g/mol. The Morgan fingerprint density at radius 1 is 1.21 bits per heavy atom. The lowest BCUT2D eigenvalue weighted by Gasteiger charge is -2.10. The Kier molecular flexibility index (Phi) is 3.67. The van der Waals surface area contributed by atoms with Crippen molar-refractivity contribution in [3.63, 3.8) is 0 Å². The molecule has 0 aliphatic carbocycles. The molecule has 0 unspecified atom stereocenters. The molecular formula is C18H16ClNO3S. The van der Waals surface area contributed by atoms with Crippen LogP contribution in [0, 0.1) is 6.92 Å². The van der Waals surface area contributed by atoms with Gasteiger partial charge in [0.15, 0.2) is 0 Å². The van der Waals surface area contributed by atoms with Crippen LogP contribution in [0.4, 0.5) is 0 Å². The smallest absolute Gasteiger partial charge is 0.207 e. The largest absolute Gasteiger partial charge is 0.459 e.